The second-order valence-corrected chi connectivity index (χ2v) is 7.73. The van der Waals surface area contributed by atoms with Gasteiger partial charge in [-0.25, -0.2) is 4.79 Å². The molecule has 0 spiro atoms. The Morgan fingerprint density at radius 3 is 2.29 bits per heavy atom. The molecule has 1 aromatic heterocycles. The molecule has 1 aliphatic rings. The molecule has 28 heavy (non-hydrogen) atoms. The standard InChI is InChI=1S/C23H26N2O3/c1-17-5-3-4-6-18(17)15-24-9-11-25(12-10-24)16-19-13-23(26)28-22-14-20(27-2)7-8-21(19)22/h3-8,13-14H,9-12,15-16H2,1-2H3/p+2. The number of aryl methyl sites for hydroxylation is 1. The zero-order chi connectivity index (χ0) is 19.5. The maximum Gasteiger partial charge on any atom is 0.336 e. The Labute approximate surface area is 165 Å². The zero-order valence-electron chi connectivity index (χ0n) is 16.6. The van der Waals surface area contributed by atoms with E-state index in [1.165, 1.54) is 16.0 Å². The molecule has 2 N–H and O–H groups in total. The summed E-state index contributed by atoms with van der Waals surface area (Å²) in [5.41, 5.74) is 4.19. The lowest BCUT2D eigenvalue weighted by Crippen LogP contribution is -3.27. The Balaban J connectivity index is 1.44. The first-order valence-corrected chi connectivity index (χ1v) is 9.95. The van der Waals surface area contributed by atoms with E-state index in [2.05, 4.69) is 31.2 Å². The molecule has 0 bridgehead atoms. The van der Waals surface area contributed by atoms with Crippen molar-refractivity contribution in [3.63, 3.8) is 0 Å². The van der Waals surface area contributed by atoms with Gasteiger partial charge in [0.25, 0.3) is 0 Å². The molecule has 1 fully saturated rings. The summed E-state index contributed by atoms with van der Waals surface area (Å²) >= 11 is 0. The van der Waals surface area contributed by atoms with Crippen molar-refractivity contribution < 1.29 is 19.0 Å². The molecule has 146 valence electrons. The van der Waals surface area contributed by atoms with Crippen LogP contribution in [-0.4, -0.2) is 33.3 Å². The van der Waals surface area contributed by atoms with Gasteiger partial charge in [-0.2, -0.15) is 0 Å². The van der Waals surface area contributed by atoms with Gasteiger partial charge in [0.15, 0.2) is 0 Å². The van der Waals surface area contributed by atoms with Crippen LogP contribution >= 0.6 is 0 Å². The Morgan fingerprint density at radius 2 is 1.61 bits per heavy atom. The van der Waals surface area contributed by atoms with Crippen molar-refractivity contribution >= 4 is 11.0 Å². The van der Waals surface area contributed by atoms with Gasteiger partial charge < -0.3 is 19.0 Å². The average Bonchev–Trinajstić information content (AvgIpc) is 2.70. The first-order valence-electron chi connectivity index (χ1n) is 9.95. The Morgan fingerprint density at radius 1 is 0.929 bits per heavy atom. The minimum absolute atomic E-state index is 0.293. The number of benzene rings is 2. The fourth-order valence-corrected chi connectivity index (χ4v) is 4.14. The molecule has 0 radical (unpaired) electrons. The number of fused-ring (bicyclic) bond motifs is 1. The number of quaternary nitrogens is 2. The molecular formula is C23H28N2O3+2. The number of nitrogens with one attached hydrogen (secondary N) is 2. The third kappa shape index (κ3) is 4.11. The highest BCUT2D eigenvalue weighted by Crippen LogP contribution is 2.22. The van der Waals surface area contributed by atoms with E-state index in [9.17, 15) is 4.79 Å². The second kappa shape index (κ2) is 8.17. The van der Waals surface area contributed by atoms with Gasteiger partial charge >= 0.3 is 5.63 Å². The van der Waals surface area contributed by atoms with Crippen LogP contribution in [0.1, 0.15) is 16.7 Å². The molecule has 3 aromatic rings. The summed E-state index contributed by atoms with van der Waals surface area (Å²) in [4.78, 5) is 15.2. The van der Waals surface area contributed by atoms with Crippen molar-refractivity contribution in [2.24, 2.45) is 0 Å². The zero-order valence-corrected chi connectivity index (χ0v) is 16.6. The molecule has 5 heteroatoms. The largest absolute Gasteiger partial charge is 0.497 e. The van der Waals surface area contributed by atoms with E-state index < -0.39 is 0 Å². The molecule has 0 saturated carbocycles. The van der Waals surface area contributed by atoms with Crippen LogP contribution in [0.15, 0.2) is 57.7 Å². The van der Waals surface area contributed by atoms with Crippen molar-refractivity contribution in [3.8, 4) is 5.75 Å². The highest BCUT2D eigenvalue weighted by molar-refractivity contribution is 5.81. The van der Waals surface area contributed by atoms with Gasteiger partial charge in [0, 0.05) is 28.6 Å². The third-order valence-corrected chi connectivity index (χ3v) is 5.84. The molecule has 1 saturated heterocycles. The number of rotatable bonds is 5. The highest BCUT2D eigenvalue weighted by Gasteiger charge is 2.24. The summed E-state index contributed by atoms with van der Waals surface area (Å²) in [5, 5.41) is 1.00. The number of methoxy groups -OCH3 is 1. The van der Waals surface area contributed by atoms with Crippen molar-refractivity contribution in [2.75, 3.05) is 33.3 Å². The van der Waals surface area contributed by atoms with Crippen LogP contribution in [0.3, 0.4) is 0 Å². The van der Waals surface area contributed by atoms with Gasteiger partial charge in [0.05, 0.1) is 7.11 Å². The smallest absolute Gasteiger partial charge is 0.336 e. The molecule has 0 unspecified atom stereocenters. The average molecular weight is 380 g/mol. The summed E-state index contributed by atoms with van der Waals surface area (Å²) in [7, 11) is 1.62. The number of piperazine rings is 1. The van der Waals surface area contributed by atoms with E-state index >= 15 is 0 Å². The van der Waals surface area contributed by atoms with E-state index in [0.29, 0.717) is 11.3 Å². The SMILES string of the molecule is COc1ccc2c(C[NH+]3CC[NH+](Cc4ccccc4C)CC3)cc(=O)oc2c1. The lowest BCUT2D eigenvalue weighted by molar-refractivity contribution is -1.02. The van der Waals surface area contributed by atoms with Gasteiger partial charge in [0.1, 0.15) is 50.6 Å². The minimum Gasteiger partial charge on any atom is -0.497 e. The van der Waals surface area contributed by atoms with Crippen LogP contribution in [0.4, 0.5) is 0 Å². The van der Waals surface area contributed by atoms with Crippen LogP contribution in [0.5, 0.6) is 5.75 Å². The van der Waals surface area contributed by atoms with Crippen molar-refractivity contribution in [1.29, 1.82) is 0 Å². The summed E-state index contributed by atoms with van der Waals surface area (Å²) in [6, 6.07) is 16.0. The number of ether oxygens (including phenoxy) is 1. The number of hydrogen-bond donors (Lipinski definition) is 2. The fourth-order valence-electron chi connectivity index (χ4n) is 4.14. The van der Waals surface area contributed by atoms with E-state index in [0.717, 1.165) is 50.2 Å². The van der Waals surface area contributed by atoms with Gasteiger partial charge in [0.2, 0.25) is 0 Å². The van der Waals surface area contributed by atoms with Crippen LogP contribution < -0.4 is 20.2 Å². The predicted octanol–water partition coefficient (Wildman–Crippen LogP) is 0.594. The first-order chi connectivity index (χ1) is 13.6. The van der Waals surface area contributed by atoms with Gasteiger partial charge in [-0.3, -0.25) is 0 Å². The van der Waals surface area contributed by atoms with E-state index in [-0.39, 0.29) is 5.63 Å². The topological polar surface area (TPSA) is 48.3 Å². The van der Waals surface area contributed by atoms with Crippen molar-refractivity contribution in [2.45, 2.75) is 20.0 Å². The van der Waals surface area contributed by atoms with Crippen molar-refractivity contribution in [1.82, 2.24) is 0 Å². The lowest BCUT2D eigenvalue weighted by atomic mass is 10.1. The van der Waals surface area contributed by atoms with E-state index in [4.69, 9.17) is 9.15 Å². The Bertz CT molecular complexity index is 1020. The second-order valence-electron chi connectivity index (χ2n) is 7.73. The van der Waals surface area contributed by atoms with Gasteiger partial charge in [-0.15, -0.1) is 0 Å². The van der Waals surface area contributed by atoms with Crippen LogP contribution in [0, 0.1) is 6.92 Å². The lowest BCUT2D eigenvalue weighted by Gasteiger charge is -2.30. The maximum atomic E-state index is 12.0. The molecule has 5 nitrogen and oxygen atoms in total. The summed E-state index contributed by atoms with van der Waals surface area (Å²) < 4.78 is 10.6. The molecule has 0 aliphatic carbocycles. The summed E-state index contributed by atoms with van der Waals surface area (Å²) in [5.74, 6) is 0.702. The monoisotopic (exact) mass is 380 g/mol. The van der Waals surface area contributed by atoms with Crippen LogP contribution in [0.2, 0.25) is 0 Å². The summed E-state index contributed by atoms with van der Waals surface area (Å²) in [6.45, 7) is 8.66. The Hall–Kier alpha value is -2.63. The van der Waals surface area contributed by atoms with E-state index in [1.807, 2.05) is 12.1 Å². The maximum absolute atomic E-state index is 12.0. The summed E-state index contributed by atoms with van der Waals surface area (Å²) in [6.07, 6.45) is 0. The predicted molar refractivity (Wildman–Crippen MR) is 109 cm³/mol. The quantitative estimate of drug-likeness (QED) is 0.637. The van der Waals surface area contributed by atoms with Crippen LogP contribution in [0.25, 0.3) is 11.0 Å². The molecule has 2 aromatic carbocycles. The van der Waals surface area contributed by atoms with E-state index in [1.54, 1.807) is 24.1 Å². The molecule has 0 amide bonds. The number of hydrogen-bond acceptors (Lipinski definition) is 3. The fraction of sp³-hybridized carbons (Fsp3) is 0.348. The highest BCUT2D eigenvalue weighted by atomic mass is 16.5. The first kappa shape index (κ1) is 18.7. The minimum atomic E-state index is -0.293. The molecule has 0 atom stereocenters. The molecule has 2 heterocycles. The molecular weight excluding hydrogens is 352 g/mol. The van der Waals surface area contributed by atoms with Crippen molar-refractivity contribution in [3.05, 3.63) is 75.6 Å². The molecule has 1 aliphatic heterocycles. The Kier molecular flexibility index (Phi) is 5.46. The van der Waals surface area contributed by atoms with Gasteiger partial charge in [-0.05, 0) is 24.6 Å². The normalized spacial score (nSPS) is 19.6. The molecule has 4 rings (SSSR count). The van der Waals surface area contributed by atoms with Gasteiger partial charge in [-0.1, -0.05) is 24.3 Å². The third-order valence-electron chi connectivity index (χ3n) is 5.84. The van der Waals surface area contributed by atoms with Crippen LogP contribution in [-0.2, 0) is 13.1 Å².